The third-order valence-electron chi connectivity index (χ3n) is 4.36. The first kappa shape index (κ1) is 23.3. The van der Waals surface area contributed by atoms with E-state index in [4.69, 9.17) is 4.55 Å². The van der Waals surface area contributed by atoms with E-state index in [2.05, 4.69) is 16.0 Å². The average molecular weight is 436 g/mol. The van der Waals surface area contributed by atoms with Crippen LogP contribution < -0.4 is 16.0 Å². The van der Waals surface area contributed by atoms with Gasteiger partial charge in [-0.05, 0) is 54.3 Å². The van der Waals surface area contributed by atoms with Gasteiger partial charge >= 0.3 is 0 Å². The average Bonchev–Trinajstić information content (AvgIpc) is 2.65. The molecule has 2 aromatic carbocycles. The summed E-state index contributed by atoms with van der Waals surface area (Å²) in [5.74, 6) is -0.821. The maximum Gasteiger partial charge on any atom is 0.294 e. The topological polar surface area (TPSA) is 142 Å². The third kappa shape index (κ3) is 7.12. The van der Waals surface area contributed by atoms with Gasteiger partial charge < -0.3 is 16.0 Å². The van der Waals surface area contributed by atoms with Crippen LogP contribution in [0.3, 0.4) is 0 Å². The quantitative estimate of drug-likeness (QED) is 0.350. The number of anilines is 1. The fraction of sp³-hybridized carbons (Fsp3) is 0.350. The second-order valence-corrected chi connectivity index (χ2v) is 8.34. The van der Waals surface area contributed by atoms with Gasteiger partial charge in [0.2, 0.25) is 17.7 Å². The molecule has 4 N–H and O–H groups in total. The molecule has 0 radical (unpaired) electrons. The summed E-state index contributed by atoms with van der Waals surface area (Å²) in [6.45, 7) is 3.26. The van der Waals surface area contributed by atoms with E-state index in [-0.39, 0.29) is 22.6 Å². The molecule has 0 heterocycles. The van der Waals surface area contributed by atoms with Crippen LogP contribution in [0.5, 0.6) is 0 Å². The normalized spacial score (nSPS) is 12.2. The van der Waals surface area contributed by atoms with Gasteiger partial charge in [0.15, 0.2) is 0 Å². The molecular weight excluding hydrogens is 410 g/mol. The summed E-state index contributed by atoms with van der Waals surface area (Å²) in [6.07, 6.45) is 1.72. The molecule has 3 amide bonds. The molecule has 0 aromatic heterocycles. The number of nitrogens with one attached hydrogen (secondary N) is 3. The Kier molecular flexibility index (Phi) is 7.90. The number of amides is 3. The van der Waals surface area contributed by atoms with Crippen LogP contribution in [0.2, 0.25) is 0 Å². The maximum atomic E-state index is 12.6. The molecule has 0 saturated carbocycles. The minimum atomic E-state index is -4.30. The highest BCUT2D eigenvalue weighted by atomic mass is 32.2. The molecule has 0 fully saturated rings. The van der Waals surface area contributed by atoms with Gasteiger partial charge in [-0.3, -0.25) is 18.9 Å². The van der Waals surface area contributed by atoms with Crippen molar-refractivity contribution in [2.24, 2.45) is 0 Å². The van der Waals surface area contributed by atoms with Crippen molar-refractivity contribution in [1.82, 2.24) is 10.6 Å². The number of hydrogen-bond acceptors (Lipinski definition) is 5. The Balaban J connectivity index is 2.06. The van der Waals surface area contributed by atoms with Crippen molar-refractivity contribution >= 4 is 44.3 Å². The predicted molar refractivity (Wildman–Crippen MR) is 113 cm³/mol. The fourth-order valence-corrected chi connectivity index (χ4v) is 3.46. The van der Waals surface area contributed by atoms with Crippen molar-refractivity contribution < 1.29 is 27.4 Å². The Morgan fingerprint density at radius 1 is 0.967 bits per heavy atom. The lowest BCUT2D eigenvalue weighted by Crippen LogP contribution is -2.42. The summed E-state index contributed by atoms with van der Waals surface area (Å²) in [7, 11) is -4.30. The zero-order chi connectivity index (χ0) is 22.3. The van der Waals surface area contributed by atoms with Crippen LogP contribution in [0, 0.1) is 0 Å². The lowest BCUT2D eigenvalue weighted by molar-refractivity contribution is -0.125. The largest absolute Gasteiger partial charge is 0.356 e. The highest BCUT2D eigenvalue weighted by Crippen LogP contribution is 2.23. The monoisotopic (exact) mass is 435 g/mol. The van der Waals surface area contributed by atoms with Crippen LogP contribution in [0.4, 0.5) is 5.69 Å². The van der Waals surface area contributed by atoms with E-state index in [1.54, 1.807) is 18.2 Å². The number of benzene rings is 2. The molecule has 30 heavy (non-hydrogen) atoms. The first-order valence-corrected chi connectivity index (χ1v) is 10.8. The van der Waals surface area contributed by atoms with Crippen molar-refractivity contribution in [3.05, 3.63) is 36.4 Å². The molecule has 1 atom stereocenters. The van der Waals surface area contributed by atoms with E-state index in [1.165, 1.54) is 32.0 Å². The minimum absolute atomic E-state index is 0.119. The van der Waals surface area contributed by atoms with Gasteiger partial charge in [0.05, 0.1) is 4.90 Å². The molecule has 0 aliphatic carbocycles. The van der Waals surface area contributed by atoms with Crippen molar-refractivity contribution in [2.45, 2.75) is 44.0 Å². The Morgan fingerprint density at radius 2 is 1.63 bits per heavy atom. The number of unbranched alkanes of at least 4 members (excludes halogenated alkanes) is 1. The first-order chi connectivity index (χ1) is 14.1. The van der Waals surface area contributed by atoms with Crippen molar-refractivity contribution in [3.63, 3.8) is 0 Å². The maximum absolute atomic E-state index is 12.6. The summed E-state index contributed by atoms with van der Waals surface area (Å²) in [6, 6.07) is 8.32. The van der Waals surface area contributed by atoms with Gasteiger partial charge in [0, 0.05) is 26.1 Å². The fourth-order valence-electron chi connectivity index (χ4n) is 2.94. The molecule has 10 heteroatoms. The molecule has 0 bridgehead atoms. The molecule has 0 unspecified atom stereocenters. The molecule has 2 rings (SSSR count). The lowest BCUT2D eigenvalue weighted by Gasteiger charge is -2.18. The second-order valence-electron chi connectivity index (χ2n) is 6.92. The van der Waals surface area contributed by atoms with Crippen molar-refractivity contribution in [2.75, 3.05) is 11.9 Å². The molecular formula is C20H25N3O6S. The molecule has 0 aliphatic heterocycles. The summed E-state index contributed by atoms with van der Waals surface area (Å²) in [5, 5.41) is 9.32. The van der Waals surface area contributed by atoms with Crippen molar-refractivity contribution in [3.8, 4) is 0 Å². The van der Waals surface area contributed by atoms with Crippen LogP contribution in [-0.4, -0.2) is 43.3 Å². The van der Waals surface area contributed by atoms with E-state index in [0.29, 0.717) is 42.3 Å². The number of carbonyl (C=O) groups excluding carboxylic acids is 3. The summed E-state index contributed by atoms with van der Waals surface area (Å²) < 4.78 is 31.7. The van der Waals surface area contributed by atoms with E-state index in [9.17, 15) is 22.8 Å². The minimum Gasteiger partial charge on any atom is -0.356 e. The highest BCUT2D eigenvalue weighted by Gasteiger charge is 2.19. The molecule has 0 spiro atoms. The molecule has 2 aromatic rings. The summed E-state index contributed by atoms with van der Waals surface area (Å²) in [5.41, 5.74) is 0.487. The van der Waals surface area contributed by atoms with Crippen LogP contribution >= 0.6 is 0 Å². The van der Waals surface area contributed by atoms with Gasteiger partial charge in [-0.15, -0.1) is 0 Å². The van der Waals surface area contributed by atoms with Crippen molar-refractivity contribution in [1.29, 1.82) is 0 Å². The van der Waals surface area contributed by atoms with E-state index >= 15 is 0 Å². The molecule has 0 aliphatic rings. The van der Waals surface area contributed by atoms with Gasteiger partial charge in [0.1, 0.15) is 6.04 Å². The summed E-state index contributed by atoms with van der Waals surface area (Å²) >= 11 is 0. The number of carbonyl (C=O) groups is 3. The Hall–Kier alpha value is -2.98. The number of rotatable bonds is 9. The van der Waals surface area contributed by atoms with Gasteiger partial charge in [0.25, 0.3) is 10.1 Å². The Morgan fingerprint density at radius 3 is 2.27 bits per heavy atom. The van der Waals surface area contributed by atoms with Crippen LogP contribution in [-0.2, 0) is 24.5 Å². The zero-order valence-corrected chi connectivity index (χ0v) is 17.6. The van der Waals surface area contributed by atoms with E-state index < -0.39 is 16.2 Å². The molecule has 9 nitrogen and oxygen atoms in total. The standard InChI is InChI=1S/C20H25N3O6S/c1-13(24)21-10-4-3-5-19(22-14(2)25)20(26)23-17-8-6-16-12-18(30(27,28)29)9-7-15(16)11-17/h6-9,11-12,19H,3-5,10H2,1-2H3,(H,21,24)(H,22,25)(H,23,26)(H,27,28,29)/t19-/m0/s1. The molecule has 0 saturated heterocycles. The van der Waals surface area contributed by atoms with Crippen LogP contribution in [0.25, 0.3) is 10.8 Å². The summed E-state index contributed by atoms with van der Waals surface area (Å²) in [4.78, 5) is 34.8. The van der Waals surface area contributed by atoms with Gasteiger partial charge in [-0.2, -0.15) is 8.42 Å². The Bertz CT molecular complexity index is 1050. The van der Waals surface area contributed by atoms with Gasteiger partial charge in [-0.1, -0.05) is 12.1 Å². The highest BCUT2D eigenvalue weighted by molar-refractivity contribution is 7.85. The zero-order valence-electron chi connectivity index (χ0n) is 16.8. The third-order valence-corrected chi connectivity index (χ3v) is 5.21. The SMILES string of the molecule is CC(=O)NCCCC[C@H](NC(C)=O)C(=O)Nc1ccc2cc(S(=O)(=O)O)ccc2c1. The second kappa shape index (κ2) is 10.2. The molecule has 162 valence electrons. The lowest BCUT2D eigenvalue weighted by atomic mass is 10.1. The van der Waals surface area contributed by atoms with E-state index in [0.717, 1.165) is 0 Å². The number of hydrogen-bond donors (Lipinski definition) is 4. The van der Waals surface area contributed by atoms with Crippen LogP contribution in [0.15, 0.2) is 41.3 Å². The Labute approximate surface area is 175 Å². The smallest absolute Gasteiger partial charge is 0.294 e. The van der Waals surface area contributed by atoms with E-state index in [1.807, 2.05) is 0 Å². The number of fused-ring (bicyclic) bond motifs is 1. The first-order valence-electron chi connectivity index (χ1n) is 9.40. The van der Waals surface area contributed by atoms with Crippen LogP contribution in [0.1, 0.15) is 33.1 Å². The predicted octanol–water partition coefficient (Wildman–Crippen LogP) is 1.84. The van der Waals surface area contributed by atoms with Gasteiger partial charge in [-0.25, -0.2) is 0 Å².